The fourth-order valence-corrected chi connectivity index (χ4v) is 3.18. The van der Waals surface area contributed by atoms with E-state index < -0.39 is 15.6 Å². The Morgan fingerprint density at radius 2 is 2.00 bits per heavy atom. The maximum absolute atomic E-state index is 12.2. The van der Waals surface area contributed by atoms with Gasteiger partial charge in [-0.1, -0.05) is 12.1 Å². The topological polar surface area (TPSA) is 93.4 Å². The number of benzene rings is 1. The van der Waals surface area contributed by atoms with E-state index in [0.717, 1.165) is 0 Å². The first-order valence-electron chi connectivity index (χ1n) is 6.04. The number of rotatable bonds is 6. The largest absolute Gasteiger partial charge is 0.387 e. The summed E-state index contributed by atoms with van der Waals surface area (Å²) >= 11 is 0. The van der Waals surface area contributed by atoms with Crippen molar-refractivity contribution < 1.29 is 13.5 Å². The van der Waals surface area contributed by atoms with Crippen molar-refractivity contribution >= 4 is 10.0 Å². The van der Waals surface area contributed by atoms with Crippen LogP contribution >= 0.6 is 0 Å². The molecule has 0 aromatic heterocycles. The molecular weight excluding hydrogens is 278 g/mol. The number of aliphatic hydroxyl groups is 1. The number of hydrogen-bond donors (Lipinski definition) is 2. The van der Waals surface area contributed by atoms with E-state index in [0.29, 0.717) is 6.54 Å². The summed E-state index contributed by atoms with van der Waals surface area (Å²) in [4.78, 5) is 1.68. The zero-order chi connectivity index (χ0) is 15.4. The van der Waals surface area contributed by atoms with Crippen LogP contribution < -0.4 is 4.72 Å². The van der Waals surface area contributed by atoms with Crippen molar-refractivity contribution in [1.29, 1.82) is 5.26 Å². The van der Waals surface area contributed by atoms with E-state index in [9.17, 15) is 13.5 Å². The second-order valence-corrected chi connectivity index (χ2v) is 6.90. The molecule has 0 aliphatic rings. The molecule has 1 unspecified atom stereocenters. The molecule has 0 fully saturated rings. The van der Waals surface area contributed by atoms with Crippen molar-refractivity contribution in [3.63, 3.8) is 0 Å². The Morgan fingerprint density at radius 1 is 1.40 bits per heavy atom. The highest BCUT2D eigenvalue weighted by molar-refractivity contribution is 7.89. The summed E-state index contributed by atoms with van der Waals surface area (Å²) in [5.41, 5.74) is -1.12. The van der Waals surface area contributed by atoms with Gasteiger partial charge in [0.2, 0.25) is 10.0 Å². The standard InChI is InChI=1S/C13H19N3O3S/c1-13(17,10-16(2)3)9-15-20(18,19)12-7-5-4-6-11(12)8-14/h4-7,15,17H,9-10H2,1-3H3. The number of likely N-dealkylation sites (N-methyl/N-ethyl adjacent to an activating group) is 1. The summed E-state index contributed by atoms with van der Waals surface area (Å²) in [5, 5.41) is 19.0. The van der Waals surface area contributed by atoms with Crippen LogP contribution in [0, 0.1) is 11.3 Å². The Hall–Kier alpha value is -1.46. The van der Waals surface area contributed by atoms with Crippen molar-refractivity contribution in [3.8, 4) is 6.07 Å². The molecule has 0 saturated heterocycles. The number of nitrogens with one attached hydrogen (secondary N) is 1. The summed E-state index contributed by atoms with van der Waals surface area (Å²) in [7, 11) is -0.252. The molecule has 1 aromatic rings. The van der Waals surface area contributed by atoms with Gasteiger partial charge in [0.1, 0.15) is 6.07 Å². The molecule has 1 aromatic carbocycles. The van der Waals surface area contributed by atoms with Crippen LogP contribution in [0.1, 0.15) is 12.5 Å². The molecule has 0 amide bonds. The first-order valence-corrected chi connectivity index (χ1v) is 7.52. The molecule has 7 heteroatoms. The quantitative estimate of drug-likeness (QED) is 0.779. The van der Waals surface area contributed by atoms with Gasteiger partial charge < -0.3 is 10.0 Å². The van der Waals surface area contributed by atoms with Gasteiger partial charge in [-0.3, -0.25) is 0 Å². The Labute approximate surface area is 119 Å². The van der Waals surface area contributed by atoms with Crippen LogP contribution in [0.2, 0.25) is 0 Å². The number of hydrogen-bond acceptors (Lipinski definition) is 5. The third-order valence-electron chi connectivity index (χ3n) is 2.60. The average molecular weight is 297 g/mol. The lowest BCUT2D eigenvalue weighted by molar-refractivity contribution is 0.0386. The van der Waals surface area contributed by atoms with Crippen LogP contribution in [0.25, 0.3) is 0 Å². The first-order chi connectivity index (χ1) is 9.18. The maximum Gasteiger partial charge on any atom is 0.241 e. The Balaban J connectivity index is 2.89. The number of sulfonamides is 1. The van der Waals surface area contributed by atoms with E-state index >= 15 is 0 Å². The fraction of sp³-hybridized carbons (Fsp3) is 0.462. The molecule has 0 aliphatic heterocycles. The molecule has 1 atom stereocenters. The van der Waals surface area contributed by atoms with E-state index in [-0.39, 0.29) is 17.0 Å². The van der Waals surface area contributed by atoms with Gasteiger partial charge in [-0.15, -0.1) is 0 Å². The van der Waals surface area contributed by atoms with Gasteiger partial charge in [0.25, 0.3) is 0 Å². The number of nitrogens with zero attached hydrogens (tertiary/aromatic N) is 2. The van der Waals surface area contributed by atoms with Crippen molar-refractivity contribution in [2.45, 2.75) is 17.4 Å². The molecule has 0 bridgehead atoms. The Bertz CT molecular complexity index is 604. The Morgan fingerprint density at radius 3 is 2.55 bits per heavy atom. The zero-order valence-electron chi connectivity index (χ0n) is 11.8. The highest BCUT2D eigenvalue weighted by atomic mass is 32.2. The van der Waals surface area contributed by atoms with Crippen LogP contribution in [0.5, 0.6) is 0 Å². The van der Waals surface area contributed by atoms with Crippen molar-refractivity contribution in [3.05, 3.63) is 29.8 Å². The first kappa shape index (κ1) is 16.6. The molecular formula is C13H19N3O3S. The van der Waals surface area contributed by atoms with Crippen LogP contribution in [0.15, 0.2) is 29.2 Å². The minimum Gasteiger partial charge on any atom is -0.387 e. The Kier molecular flexibility index (Phi) is 5.25. The van der Waals surface area contributed by atoms with Crippen molar-refractivity contribution in [1.82, 2.24) is 9.62 Å². The minimum absolute atomic E-state index is 0.0762. The van der Waals surface area contributed by atoms with Crippen LogP contribution in [0.3, 0.4) is 0 Å². The second kappa shape index (κ2) is 6.33. The fourth-order valence-electron chi connectivity index (χ4n) is 1.86. The van der Waals surface area contributed by atoms with E-state index in [1.165, 1.54) is 12.1 Å². The van der Waals surface area contributed by atoms with Crippen LogP contribution in [-0.4, -0.2) is 51.2 Å². The molecule has 0 spiro atoms. The van der Waals surface area contributed by atoms with Crippen LogP contribution in [0.4, 0.5) is 0 Å². The summed E-state index contributed by atoms with van der Waals surface area (Å²) in [5.74, 6) is 0. The predicted molar refractivity (Wildman–Crippen MR) is 75.5 cm³/mol. The highest BCUT2D eigenvalue weighted by Crippen LogP contribution is 2.15. The molecule has 110 valence electrons. The van der Waals surface area contributed by atoms with Gasteiger partial charge in [-0.05, 0) is 33.2 Å². The van der Waals surface area contributed by atoms with Gasteiger partial charge in [0, 0.05) is 13.1 Å². The van der Waals surface area contributed by atoms with E-state index in [4.69, 9.17) is 5.26 Å². The summed E-state index contributed by atoms with van der Waals surface area (Å²) in [6, 6.07) is 7.79. The smallest absolute Gasteiger partial charge is 0.241 e. The lowest BCUT2D eigenvalue weighted by Gasteiger charge is -2.27. The minimum atomic E-state index is -3.82. The van der Waals surface area contributed by atoms with Crippen LogP contribution in [-0.2, 0) is 10.0 Å². The maximum atomic E-state index is 12.2. The van der Waals surface area contributed by atoms with E-state index in [2.05, 4.69) is 4.72 Å². The molecule has 6 nitrogen and oxygen atoms in total. The SMILES string of the molecule is CN(C)CC(C)(O)CNS(=O)(=O)c1ccccc1C#N. The summed E-state index contributed by atoms with van der Waals surface area (Å²) in [6.45, 7) is 1.73. The van der Waals surface area contributed by atoms with Gasteiger partial charge in [0.05, 0.1) is 16.1 Å². The summed E-state index contributed by atoms with van der Waals surface area (Å²) < 4.78 is 26.7. The second-order valence-electron chi connectivity index (χ2n) is 5.17. The molecule has 1 rings (SSSR count). The average Bonchev–Trinajstić information content (AvgIpc) is 2.35. The summed E-state index contributed by atoms with van der Waals surface area (Å²) in [6.07, 6.45) is 0. The molecule has 0 radical (unpaired) electrons. The third-order valence-corrected chi connectivity index (χ3v) is 4.06. The van der Waals surface area contributed by atoms with Gasteiger partial charge in [-0.25, -0.2) is 13.1 Å². The molecule has 0 aliphatic carbocycles. The van der Waals surface area contributed by atoms with Gasteiger partial charge in [0.15, 0.2) is 0 Å². The number of nitriles is 1. The highest BCUT2D eigenvalue weighted by Gasteiger charge is 2.26. The molecule has 0 saturated carbocycles. The molecule has 20 heavy (non-hydrogen) atoms. The normalized spacial score (nSPS) is 14.8. The predicted octanol–water partition coefficient (Wildman–Crippen LogP) is 0.149. The lowest BCUT2D eigenvalue weighted by Crippen LogP contribution is -2.47. The van der Waals surface area contributed by atoms with Crippen molar-refractivity contribution in [2.24, 2.45) is 0 Å². The van der Waals surface area contributed by atoms with E-state index in [1.54, 1.807) is 38.1 Å². The lowest BCUT2D eigenvalue weighted by atomic mass is 10.1. The van der Waals surface area contributed by atoms with E-state index in [1.807, 2.05) is 6.07 Å². The van der Waals surface area contributed by atoms with Gasteiger partial charge in [-0.2, -0.15) is 5.26 Å². The van der Waals surface area contributed by atoms with Crippen molar-refractivity contribution in [2.75, 3.05) is 27.2 Å². The molecule has 2 N–H and O–H groups in total. The monoisotopic (exact) mass is 297 g/mol. The molecule has 0 heterocycles. The zero-order valence-corrected chi connectivity index (χ0v) is 12.6. The third kappa shape index (κ3) is 4.58. The van der Waals surface area contributed by atoms with Gasteiger partial charge >= 0.3 is 0 Å².